The van der Waals surface area contributed by atoms with Crippen LogP contribution in [0.3, 0.4) is 0 Å². The number of halogens is 1. The van der Waals surface area contributed by atoms with Crippen LogP contribution < -0.4 is 4.90 Å². The second-order valence-corrected chi connectivity index (χ2v) is 8.20. The summed E-state index contributed by atoms with van der Waals surface area (Å²) >= 11 is 0. The lowest BCUT2D eigenvalue weighted by molar-refractivity contribution is -0.136. The predicted molar refractivity (Wildman–Crippen MR) is 115 cm³/mol. The monoisotopic (exact) mass is 425 g/mol. The minimum Gasteiger partial charge on any atom is -0.356 e. The van der Waals surface area contributed by atoms with Gasteiger partial charge in [0, 0.05) is 56.9 Å². The molecule has 0 spiro atoms. The second-order valence-electron chi connectivity index (χ2n) is 8.20. The number of benzene rings is 1. The molecule has 1 aromatic heterocycles. The summed E-state index contributed by atoms with van der Waals surface area (Å²) in [5.74, 6) is 1.41. The second kappa shape index (κ2) is 9.41. The van der Waals surface area contributed by atoms with Crippen molar-refractivity contribution in [3.8, 4) is 0 Å². The number of amides is 2. The summed E-state index contributed by atoms with van der Waals surface area (Å²) in [4.78, 5) is 40.4. The van der Waals surface area contributed by atoms with Gasteiger partial charge >= 0.3 is 0 Å². The minimum absolute atomic E-state index is 0.0125. The Kier molecular flexibility index (Phi) is 6.44. The Balaban J connectivity index is 1.31. The minimum atomic E-state index is -0.356. The predicted octanol–water partition coefficient (Wildman–Crippen LogP) is 2.52. The van der Waals surface area contributed by atoms with Crippen molar-refractivity contribution in [1.82, 2.24) is 19.8 Å². The molecule has 0 radical (unpaired) electrons. The zero-order chi connectivity index (χ0) is 21.8. The Bertz CT molecular complexity index is 928. The maximum Gasteiger partial charge on any atom is 0.253 e. The fourth-order valence-corrected chi connectivity index (χ4v) is 4.35. The number of anilines is 1. The van der Waals surface area contributed by atoms with E-state index in [0.29, 0.717) is 31.7 Å². The van der Waals surface area contributed by atoms with Gasteiger partial charge in [-0.15, -0.1) is 0 Å². The van der Waals surface area contributed by atoms with E-state index in [-0.39, 0.29) is 23.5 Å². The standard InChI is InChI=1S/C23H28FN5O2/c1-17-25-10-7-21(26-17)27-13-8-19(9-14-27)23(31)29-12-2-11-28(15-16-29)22(30)18-3-5-20(24)6-4-18/h3-7,10,19H,2,8-9,11-16H2,1H3. The lowest BCUT2D eigenvalue weighted by Crippen LogP contribution is -2.44. The van der Waals surface area contributed by atoms with Gasteiger partial charge in [0.05, 0.1) is 0 Å². The number of hydrogen-bond acceptors (Lipinski definition) is 5. The molecular formula is C23H28FN5O2. The van der Waals surface area contributed by atoms with Gasteiger partial charge in [-0.2, -0.15) is 0 Å². The molecular weight excluding hydrogens is 397 g/mol. The average Bonchev–Trinajstić information content (AvgIpc) is 3.05. The first kappa shape index (κ1) is 21.2. The quantitative estimate of drug-likeness (QED) is 0.756. The first-order chi connectivity index (χ1) is 15.0. The third-order valence-electron chi connectivity index (χ3n) is 6.12. The van der Waals surface area contributed by atoms with Gasteiger partial charge < -0.3 is 14.7 Å². The largest absolute Gasteiger partial charge is 0.356 e. The zero-order valence-corrected chi connectivity index (χ0v) is 17.8. The molecule has 0 aliphatic carbocycles. The first-order valence-electron chi connectivity index (χ1n) is 10.9. The Morgan fingerprint density at radius 1 is 0.935 bits per heavy atom. The molecule has 8 heteroatoms. The number of aromatic nitrogens is 2. The number of carbonyl (C=O) groups is 2. The molecule has 2 saturated heterocycles. The number of aryl methyl sites for hydroxylation is 1. The summed E-state index contributed by atoms with van der Waals surface area (Å²) in [6, 6.07) is 7.54. The molecule has 2 aliphatic heterocycles. The van der Waals surface area contributed by atoms with E-state index in [9.17, 15) is 14.0 Å². The topological polar surface area (TPSA) is 69.6 Å². The Labute approximate surface area is 181 Å². The molecule has 0 bridgehead atoms. The van der Waals surface area contributed by atoms with Gasteiger partial charge in [0.1, 0.15) is 17.5 Å². The van der Waals surface area contributed by atoms with Crippen LogP contribution in [0.1, 0.15) is 35.4 Å². The van der Waals surface area contributed by atoms with Crippen molar-refractivity contribution < 1.29 is 14.0 Å². The van der Waals surface area contributed by atoms with Gasteiger partial charge in [-0.05, 0) is 56.5 Å². The van der Waals surface area contributed by atoms with E-state index < -0.39 is 0 Å². The third-order valence-corrected chi connectivity index (χ3v) is 6.12. The van der Waals surface area contributed by atoms with E-state index >= 15 is 0 Å². The summed E-state index contributed by atoms with van der Waals surface area (Å²) in [5, 5.41) is 0. The van der Waals surface area contributed by atoms with Crippen LogP contribution in [0.25, 0.3) is 0 Å². The highest BCUT2D eigenvalue weighted by Crippen LogP contribution is 2.24. The van der Waals surface area contributed by atoms with Crippen LogP contribution in [-0.2, 0) is 4.79 Å². The van der Waals surface area contributed by atoms with Gasteiger partial charge in [-0.1, -0.05) is 0 Å². The summed E-state index contributed by atoms with van der Waals surface area (Å²) in [7, 11) is 0. The molecule has 3 heterocycles. The zero-order valence-electron chi connectivity index (χ0n) is 17.8. The number of nitrogens with zero attached hydrogens (tertiary/aromatic N) is 5. The normalized spacial score (nSPS) is 18.1. The molecule has 31 heavy (non-hydrogen) atoms. The fourth-order valence-electron chi connectivity index (χ4n) is 4.35. The highest BCUT2D eigenvalue weighted by Gasteiger charge is 2.30. The smallest absolute Gasteiger partial charge is 0.253 e. The van der Waals surface area contributed by atoms with Gasteiger partial charge in [-0.3, -0.25) is 9.59 Å². The summed E-state index contributed by atoms with van der Waals surface area (Å²) in [5.41, 5.74) is 0.480. The molecule has 2 aliphatic rings. The Morgan fingerprint density at radius 3 is 2.32 bits per heavy atom. The van der Waals surface area contributed by atoms with Crippen molar-refractivity contribution >= 4 is 17.6 Å². The van der Waals surface area contributed by atoms with Crippen LogP contribution >= 0.6 is 0 Å². The van der Waals surface area contributed by atoms with Crippen molar-refractivity contribution in [2.75, 3.05) is 44.2 Å². The molecule has 0 saturated carbocycles. The van der Waals surface area contributed by atoms with E-state index in [2.05, 4.69) is 14.9 Å². The highest BCUT2D eigenvalue weighted by atomic mass is 19.1. The van der Waals surface area contributed by atoms with E-state index in [1.54, 1.807) is 11.1 Å². The molecule has 0 N–H and O–H groups in total. The maximum absolute atomic E-state index is 13.1. The van der Waals surface area contributed by atoms with Crippen LogP contribution in [-0.4, -0.2) is 70.9 Å². The number of rotatable bonds is 3. The van der Waals surface area contributed by atoms with Crippen molar-refractivity contribution in [2.24, 2.45) is 5.92 Å². The molecule has 0 atom stereocenters. The van der Waals surface area contributed by atoms with Crippen LogP contribution in [0.4, 0.5) is 10.2 Å². The molecule has 4 rings (SSSR count). The van der Waals surface area contributed by atoms with Crippen molar-refractivity contribution in [2.45, 2.75) is 26.2 Å². The van der Waals surface area contributed by atoms with Crippen molar-refractivity contribution in [1.29, 1.82) is 0 Å². The number of piperidine rings is 1. The first-order valence-corrected chi connectivity index (χ1v) is 10.9. The van der Waals surface area contributed by atoms with Gasteiger partial charge in [0.15, 0.2) is 0 Å². The highest BCUT2D eigenvalue weighted by molar-refractivity contribution is 5.94. The lowest BCUT2D eigenvalue weighted by Gasteiger charge is -2.34. The third kappa shape index (κ3) is 5.00. The van der Waals surface area contributed by atoms with Crippen molar-refractivity contribution in [3.05, 3.63) is 53.7 Å². The number of hydrogen-bond donors (Lipinski definition) is 0. The molecule has 7 nitrogen and oxygen atoms in total. The van der Waals surface area contributed by atoms with E-state index in [0.717, 1.165) is 44.0 Å². The SMILES string of the molecule is Cc1nccc(N2CCC(C(=O)N3CCCN(C(=O)c4ccc(F)cc4)CC3)CC2)n1. The maximum atomic E-state index is 13.1. The molecule has 2 fully saturated rings. The lowest BCUT2D eigenvalue weighted by atomic mass is 9.95. The average molecular weight is 426 g/mol. The van der Waals surface area contributed by atoms with Gasteiger partial charge in [0.2, 0.25) is 5.91 Å². The summed E-state index contributed by atoms with van der Waals surface area (Å²) in [6.07, 6.45) is 4.12. The van der Waals surface area contributed by atoms with Crippen molar-refractivity contribution in [3.63, 3.8) is 0 Å². The van der Waals surface area contributed by atoms with E-state index in [1.165, 1.54) is 24.3 Å². The van der Waals surface area contributed by atoms with Crippen LogP contribution in [0, 0.1) is 18.7 Å². The van der Waals surface area contributed by atoms with E-state index in [1.807, 2.05) is 17.9 Å². The number of carbonyl (C=O) groups excluding carboxylic acids is 2. The summed E-state index contributed by atoms with van der Waals surface area (Å²) in [6.45, 7) is 5.79. The molecule has 164 valence electrons. The Hall–Kier alpha value is -3.03. The fraction of sp³-hybridized carbons (Fsp3) is 0.478. The van der Waals surface area contributed by atoms with Crippen LogP contribution in [0.15, 0.2) is 36.5 Å². The molecule has 2 aromatic rings. The van der Waals surface area contributed by atoms with Crippen LogP contribution in [0.2, 0.25) is 0 Å². The Morgan fingerprint density at radius 2 is 1.61 bits per heavy atom. The molecule has 0 unspecified atom stereocenters. The van der Waals surface area contributed by atoms with E-state index in [4.69, 9.17) is 0 Å². The van der Waals surface area contributed by atoms with Gasteiger partial charge in [0.25, 0.3) is 5.91 Å². The molecule has 1 aromatic carbocycles. The van der Waals surface area contributed by atoms with Crippen LogP contribution in [0.5, 0.6) is 0 Å². The summed E-state index contributed by atoms with van der Waals surface area (Å²) < 4.78 is 13.1. The van der Waals surface area contributed by atoms with Gasteiger partial charge in [-0.25, -0.2) is 14.4 Å². The molecule has 2 amide bonds.